The lowest BCUT2D eigenvalue weighted by Gasteiger charge is -2.49. The van der Waals surface area contributed by atoms with Crippen molar-refractivity contribution < 1.29 is 5.11 Å². The molecule has 1 aliphatic rings. The number of hydrogen-bond donors (Lipinski definition) is 2. The van der Waals surface area contributed by atoms with E-state index in [0.717, 1.165) is 13.0 Å². The smallest absolute Gasteiger partial charge is 0.0448 e. The van der Waals surface area contributed by atoms with Gasteiger partial charge in [-0.25, -0.2) is 0 Å². The van der Waals surface area contributed by atoms with Gasteiger partial charge in [-0.15, -0.1) is 0 Å². The molecule has 1 fully saturated rings. The Kier molecular flexibility index (Phi) is 4.81. The van der Waals surface area contributed by atoms with Gasteiger partial charge in [-0.1, -0.05) is 27.7 Å². The number of nitrogens with one attached hydrogen (secondary N) is 1. The Morgan fingerprint density at radius 1 is 1.31 bits per heavy atom. The largest absolute Gasteiger partial charge is 0.396 e. The molecule has 1 rings (SSSR count). The molecule has 0 aromatic carbocycles. The van der Waals surface area contributed by atoms with Crippen molar-refractivity contribution in [2.24, 2.45) is 11.3 Å². The molecule has 0 aliphatic heterocycles. The summed E-state index contributed by atoms with van der Waals surface area (Å²) in [5.41, 5.74) is 0.673. The van der Waals surface area contributed by atoms with E-state index in [0.29, 0.717) is 17.9 Å². The summed E-state index contributed by atoms with van der Waals surface area (Å²) in [5.74, 6) is 0.662. The van der Waals surface area contributed by atoms with Crippen molar-refractivity contribution in [1.29, 1.82) is 0 Å². The third kappa shape index (κ3) is 3.21. The van der Waals surface area contributed by atoms with Gasteiger partial charge < -0.3 is 10.4 Å². The molecule has 0 spiro atoms. The molecule has 0 saturated heterocycles. The van der Waals surface area contributed by atoms with Crippen LogP contribution in [0, 0.1) is 11.3 Å². The second-order valence-corrected chi connectivity index (χ2v) is 6.33. The van der Waals surface area contributed by atoms with Crippen molar-refractivity contribution >= 4 is 0 Å². The van der Waals surface area contributed by atoms with E-state index in [9.17, 15) is 5.11 Å². The van der Waals surface area contributed by atoms with Gasteiger partial charge >= 0.3 is 0 Å². The van der Waals surface area contributed by atoms with Gasteiger partial charge in [0.2, 0.25) is 0 Å². The van der Waals surface area contributed by atoms with Gasteiger partial charge in [0.15, 0.2) is 0 Å². The third-order valence-corrected chi connectivity index (χ3v) is 4.33. The van der Waals surface area contributed by atoms with Crippen LogP contribution in [0.4, 0.5) is 0 Å². The van der Waals surface area contributed by atoms with Crippen LogP contribution in [0.3, 0.4) is 0 Å². The maximum Gasteiger partial charge on any atom is 0.0448 e. The lowest BCUT2D eigenvalue weighted by molar-refractivity contribution is 0.0531. The Labute approximate surface area is 101 Å². The molecule has 0 heterocycles. The topological polar surface area (TPSA) is 32.3 Å². The molecule has 2 unspecified atom stereocenters. The van der Waals surface area contributed by atoms with Gasteiger partial charge in [0.1, 0.15) is 0 Å². The Bertz CT molecular complexity index is 215. The van der Waals surface area contributed by atoms with E-state index in [4.69, 9.17) is 0 Å². The first-order valence-corrected chi connectivity index (χ1v) is 6.82. The lowest BCUT2D eigenvalue weighted by Crippen LogP contribution is -2.55. The summed E-state index contributed by atoms with van der Waals surface area (Å²) in [7, 11) is 0. The highest BCUT2D eigenvalue weighted by atomic mass is 16.3. The summed E-state index contributed by atoms with van der Waals surface area (Å²) < 4.78 is 0. The second kappa shape index (κ2) is 5.50. The summed E-state index contributed by atoms with van der Waals surface area (Å²) in [6.45, 7) is 10.7. The van der Waals surface area contributed by atoms with Crippen molar-refractivity contribution in [2.45, 2.75) is 65.3 Å². The van der Waals surface area contributed by atoms with Crippen LogP contribution < -0.4 is 5.32 Å². The van der Waals surface area contributed by atoms with Crippen LogP contribution in [-0.4, -0.2) is 23.8 Å². The number of hydrogen-bond acceptors (Lipinski definition) is 2. The standard InChI is InChI=1S/C14H29NO/c1-5-9-15-14(8-10-16)7-6-13(3,4)11-12(14)2/h12,15-16H,5-11H2,1-4H3. The number of aliphatic hydroxyl groups is 1. The molecule has 0 aromatic heterocycles. The van der Waals surface area contributed by atoms with Crippen molar-refractivity contribution in [2.75, 3.05) is 13.2 Å². The Balaban J connectivity index is 2.69. The van der Waals surface area contributed by atoms with E-state index < -0.39 is 0 Å². The van der Waals surface area contributed by atoms with Crippen molar-refractivity contribution in [3.05, 3.63) is 0 Å². The second-order valence-electron chi connectivity index (χ2n) is 6.33. The highest BCUT2D eigenvalue weighted by molar-refractivity contribution is 4.99. The zero-order chi connectivity index (χ0) is 12.2. The summed E-state index contributed by atoms with van der Waals surface area (Å²) in [6, 6.07) is 0. The maximum atomic E-state index is 9.29. The minimum Gasteiger partial charge on any atom is -0.396 e. The van der Waals surface area contributed by atoms with Crippen molar-refractivity contribution in [3.63, 3.8) is 0 Å². The monoisotopic (exact) mass is 227 g/mol. The highest BCUT2D eigenvalue weighted by Crippen LogP contribution is 2.45. The van der Waals surface area contributed by atoms with E-state index in [1.807, 2.05) is 0 Å². The molecule has 1 saturated carbocycles. The Morgan fingerprint density at radius 3 is 2.50 bits per heavy atom. The number of aliphatic hydroxyl groups excluding tert-OH is 1. The normalized spacial score (nSPS) is 33.9. The van der Waals surface area contributed by atoms with Crippen LogP contribution in [0.5, 0.6) is 0 Å². The Morgan fingerprint density at radius 2 is 2.00 bits per heavy atom. The fraction of sp³-hybridized carbons (Fsp3) is 1.00. The molecule has 0 radical (unpaired) electrons. The van der Waals surface area contributed by atoms with Crippen molar-refractivity contribution in [1.82, 2.24) is 5.32 Å². The zero-order valence-corrected chi connectivity index (χ0v) is 11.5. The molecule has 0 amide bonds. The van der Waals surface area contributed by atoms with Crippen LogP contribution in [0.25, 0.3) is 0 Å². The third-order valence-electron chi connectivity index (χ3n) is 4.33. The predicted octanol–water partition coefficient (Wildman–Crippen LogP) is 2.95. The molecule has 0 bridgehead atoms. The summed E-state index contributed by atoms with van der Waals surface area (Å²) in [6.07, 6.45) is 5.83. The van der Waals surface area contributed by atoms with Crippen molar-refractivity contribution in [3.8, 4) is 0 Å². The van der Waals surface area contributed by atoms with Gasteiger partial charge in [-0.2, -0.15) is 0 Å². The van der Waals surface area contributed by atoms with Crippen LogP contribution >= 0.6 is 0 Å². The summed E-state index contributed by atoms with van der Waals surface area (Å²) >= 11 is 0. The van der Waals surface area contributed by atoms with E-state index in [-0.39, 0.29) is 5.54 Å². The molecule has 16 heavy (non-hydrogen) atoms. The summed E-state index contributed by atoms with van der Waals surface area (Å²) in [4.78, 5) is 0. The van der Waals surface area contributed by atoms with Crippen LogP contribution in [-0.2, 0) is 0 Å². The van der Waals surface area contributed by atoms with Gasteiger partial charge in [0.05, 0.1) is 0 Å². The average molecular weight is 227 g/mol. The minimum atomic E-state index is 0.195. The van der Waals surface area contributed by atoms with Crippen LogP contribution in [0.2, 0.25) is 0 Å². The molecule has 2 atom stereocenters. The predicted molar refractivity (Wildman–Crippen MR) is 69.5 cm³/mol. The fourth-order valence-corrected chi connectivity index (χ4v) is 3.23. The van der Waals surface area contributed by atoms with Gasteiger partial charge in [-0.3, -0.25) is 0 Å². The first-order chi connectivity index (χ1) is 7.46. The molecule has 1 aliphatic carbocycles. The van der Waals surface area contributed by atoms with Crippen LogP contribution in [0.15, 0.2) is 0 Å². The highest BCUT2D eigenvalue weighted by Gasteiger charge is 2.42. The first-order valence-electron chi connectivity index (χ1n) is 6.82. The van der Waals surface area contributed by atoms with Gasteiger partial charge in [-0.05, 0) is 50.0 Å². The molecular formula is C14H29NO. The van der Waals surface area contributed by atoms with E-state index in [1.54, 1.807) is 0 Å². The van der Waals surface area contributed by atoms with Crippen LogP contribution in [0.1, 0.15) is 59.8 Å². The summed E-state index contributed by atoms with van der Waals surface area (Å²) in [5, 5.41) is 13.0. The van der Waals surface area contributed by atoms with Gasteiger partial charge in [0.25, 0.3) is 0 Å². The molecule has 0 aromatic rings. The first kappa shape index (κ1) is 14.0. The molecule has 2 N–H and O–H groups in total. The molecular weight excluding hydrogens is 198 g/mol. The quantitative estimate of drug-likeness (QED) is 0.757. The molecule has 2 heteroatoms. The van der Waals surface area contributed by atoms with E-state index in [2.05, 4.69) is 33.0 Å². The average Bonchev–Trinajstić information content (AvgIpc) is 2.20. The van der Waals surface area contributed by atoms with E-state index in [1.165, 1.54) is 25.7 Å². The maximum absolute atomic E-state index is 9.29. The molecule has 96 valence electrons. The SMILES string of the molecule is CCCNC1(CCO)CCC(C)(C)CC1C. The molecule has 2 nitrogen and oxygen atoms in total. The lowest BCUT2D eigenvalue weighted by atomic mass is 9.63. The zero-order valence-electron chi connectivity index (χ0n) is 11.5. The fourth-order valence-electron chi connectivity index (χ4n) is 3.23. The minimum absolute atomic E-state index is 0.195. The number of rotatable bonds is 5. The van der Waals surface area contributed by atoms with Gasteiger partial charge in [0, 0.05) is 12.1 Å². The van der Waals surface area contributed by atoms with E-state index >= 15 is 0 Å². The Hall–Kier alpha value is -0.0800.